The van der Waals surface area contributed by atoms with Crippen molar-refractivity contribution in [2.75, 3.05) is 31.9 Å². The minimum Gasteiger partial charge on any atom is -0.316 e. The van der Waals surface area contributed by atoms with Crippen LogP contribution >= 0.6 is 0 Å². The molecule has 90 valence electrons. The van der Waals surface area contributed by atoms with E-state index in [-0.39, 0.29) is 5.75 Å². The van der Waals surface area contributed by atoms with Crippen molar-refractivity contribution in [3.8, 4) is 0 Å². The predicted octanol–water partition coefficient (Wildman–Crippen LogP) is -0.0838. The summed E-state index contributed by atoms with van der Waals surface area (Å²) in [5, 5.41) is 4.81. The molecule has 0 unspecified atom stereocenters. The van der Waals surface area contributed by atoms with Gasteiger partial charge in [-0.25, -0.2) is 13.4 Å². The van der Waals surface area contributed by atoms with Crippen LogP contribution in [0.15, 0.2) is 0 Å². The fourth-order valence-electron chi connectivity index (χ4n) is 1.61. The van der Waals surface area contributed by atoms with Gasteiger partial charge < -0.3 is 5.32 Å². The van der Waals surface area contributed by atoms with Gasteiger partial charge in [0, 0.05) is 19.6 Å². The summed E-state index contributed by atoms with van der Waals surface area (Å²) in [4.78, 5) is 2.62. The molecule has 1 aliphatic rings. The molecule has 0 bridgehead atoms. The van der Waals surface area contributed by atoms with Gasteiger partial charge in [0.15, 0.2) is 0 Å². The molecule has 0 saturated carbocycles. The molecule has 1 fully saturated rings. The smallest absolute Gasteiger partial charge is 0.225 e. The molecule has 5 nitrogen and oxygen atoms in total. The molecule has 0 aromatic rings. The van der Waals surface area contributed by atoms with Crippen LogP contribution in [0.4, 0.5) is 0 Å². The highest BCUT2D eigenvalue weighted by atomic mass is 32.2. The van der Waals surface area contributed by atoms with E-state index in [1.54, 1.807) is 0 Å². The van der Waals surface area contributed by atoms with Crippen LogP contribution in [0.25, 0.3) is 0 Å². The lowest BCUT2D eigenvalue weighted by Crippen LogP contribution is -2.46. The number of hydrogen-bond acceptors (Lipinski definition) is 4. The van der Waals surface area contributed by atoms with Gasteiger partial charge in [0.25, 0.3) is 0 Å². The summed E-state index contributed by atoms with van der Waals surface area (Å²) in [5.74, 6) is 0.150. The second-order valence-corrected chi connectivity index (χ2v) is 5.63. The number of sulfonamides is 1. The van der Waals surface area contributed by atoms with Crippen molar-refractivity contribution in [1.29, 1.82) is 0 Å². The Morgan fingerprint density at radius 1 is 1.20 bits per heavy atom. The molecule has 15 heavy (non-hydrogen) atoms. The van der Waals surface area contributed by atoms with Gasteiger partial charge in [-0.3, -0.25) is 0 Å². The van der Waals surface area contributed by atoms with Gasteiger partial charge in [-0.2, -0.15) is 0 Å². The van der Waals surface area contributed by atoms with Crippen molar-refractivity contribution < 1.29 is 8.42 Å². The maximum Gasteiger partial charge on any atom is 0.225 e. The van der Waals surface area contributed by atoms with E-state index in [1.807, 2.05) is 11.9 Å². The van der Waals surface area contributed by atoms with Crippen LogP contribution in [0.2, 0.25) is 0 Å². The van der Waals surface area contributed by atoms with Crippen LogP contribution in [0.5, 0.6) is 0 Å². The Balaban J connectivity index is 2.27. The Kier molecular flexibility index (Phi) is 5.52. The van der Waals surface area contributed by atoms with Crippen LogP contribution in [-0.2, 0) is 10.0 Å². The highest BCUT2D eigenvalue weighted by Gasteiger charge is 2.16. The fraction of sp³-hybridized carbons (Fsp3) is 1.00. The first-order chi connectivity index (χ1) is 7.14. The third-order valence-corrected chi connectivity index (χ3v) is 3.70. The highest BCUT2D eigenvalue weighted by Crippen LogP contribution is 2.06. The first kappa shape index (κ1) is 12.9. The number of hydrogen-bond donors (Lipinski definition) is 2. The lowest BCUT2D eigenvalue weighted by atomic mass is 10.2. The van der Waals surface area contributed by atoms with Crippen LogP contribution in [-0.4, -0.2) is 45.4 Å². The predicted molar refractivity (Wildman–Crippen MR) is 60.9 cm³/mol. The van der Waals surface area contributed by atoms with E-state index in [9.17, 15) is 8.42 Å². The lowest BCUT2D eigenvalue weighted by Gasteiger charge is -2.26. The topological polar surface area (TPSA) is 61.4 Å². The number of piperidine rings is 1. The molecular weight excluding hydrogens is 214 g/mol. The monoisotopic (exact) mass is 235 g/mol. The molecule has 2 N–H and O–H groups in total. The van der Waals surface area contributed by atoms with Gasteiger partial charge in [-0.1, -0.05) is 13.3 Å². The van der Waals surface area contributed by atoms with Crippen LogP contribution in [0.1, 0.15) is 26.2 Å². The number of nitrogens with zero attached hydrogens (tertiary/aromatic N) is 1. The summed E-state index contributed by atoms with van der Waals surface area (Å²) in [5.41, 5.74) is 0. The largest absolute Gasteiger partial charge is 0.316 e. The third-order valence-electron chi connectivity index (χ3n) is 2.42. The molecule has 1 heterocycles. The SMILES string of the molecule is CCNCCS(=O)(=O)NN1CCCCC1. The molecule has 0 atom stereocenters. The Morgan fingerprint density at radius 3 is 2.47 bits per heavy atom. The van der Waals surface area contributed by atoms with E-state index >= 15 is 0 Å². The summed E-state index contributed by atoms with van der Waals surface area (Å²) in [6.07, 6.45) is 3.36. The zero-order chi connectivity index (χ0) is 11.1. The lowest BCUT2D eigenvalue weighted by molar-refractivity contribution is 0.200. The molecule has 1 aliphatic heterocycles. The molecule has 0 amide bonds. The summed E-state index contributed by atoms with van der Waals surface area (Å²) < 4.78 is 23.2. The molecular formula is C9H21N3O2S. The molecule has 6 heteroatoms. The van der Waals surface area contributed by atoms with E-state index in [1.165, 1.54) is 6.42 Å². The molecule has 1 saturated heterocycles. The second-order valence-electron chi connectivity index (χ2n) is 3.81. The van der Waals surface area contributed by atoms with Gasteiger partial charge in [0.1, 0.15) is 0 Å². The molecule has 1 rings (SSSR count). The van der Waals surface area contributed by atoms with Gasteiger partial charge in [0.05, 0.1) is 5.75 Å². The fourth-order valence-corrected chi connectivity index (χ4v) is 2.69. The van der Waals surface area contributed by atoms with Crippen molar-refractivity contribution in [2.24, 2.45) is 0 Å². The van der Waals surface area contributed by atoms with Crippen LogP contribution in [0, 0.1) is 0 Å². The zero-order valence-corrected chi connectivity index (χ0v) is 10.1. The molecule has 0 spiro atoms. The number of rotatable bonds is 6. The number of nitrogens with one attached hydrogen (secondary N) is 2. The minimum absolute atomic E-state index is 0.150. The summed E-state index contributed by atoms with van der Waals surface area (Å²) in [6, 6.07) is 0. The number of hydrazine groups is 1. The Labute approximate surface area is 92.2 Å². The molecule has 0 aliphatic carbocycles. The van der Waals surface area contributed by atoms with Crippen molar-refractivity contribution in [1.82, 2.24) is 15.2 Å². The van der Waals surface area contributed by atoms with Gasteiger partial charge in [0.2, 0.25) is 10.0 Å². The Morgan fingerprint density at radius 2 is 1.87 bits per heavy atom. The van der Waals surface area contributed by atoms with Crippen molar-refractivity contribution in [3.63, 3.8) is 0 Å². The van der Waals surface area contributed by atoms with E-state index in [4.69, 9.17) is 0 Å². The van der Waals surface area contributed by atoms with Crippen molar-refractivity contribution >= 4 is 10.0 Å². The second kappa shape index (κ2) is 6.42. The maximum atomic E-state index is 11.6. The zero-order valence-electron chi connectivity index (χ0n) is 9.33. The van der Waals surface area contributed by atoms with E-state index in [2.05, 4.69) is 10.1 Å². The minimum atomic E-state index is -3.14. The average molecular weight is 235 g/mol. The Bertz CT molecular complexity index is 261. The van der Waals surface area contributed by atoms with Gasteiger partial charge >= 0.3 is 0 Å². The normalized spacial score (nSPS) is 19.3. The molecule has 0 radical (unpaired) electrons. The maximum absolute atomic E-state index is 11.6. The highest BCUT2D eigenvalue weighted by molar-refractivity contribution is 7.89. The standard InChI is InChI=1S/C9H21N3O2S/c1-2-10-6-9-15(13,14)11-12-7-4-3-5-8-12/h10-11H,2-9H2,1H3. The average Bonchev–Trinajstić information content (AvgIpc) is 2.18. The van der Waals surface area contributed by atoms with Crippen molar-refractivity contribution in [2.45, 2.75) is 26.2 Å². The van der Waals surface area contributed by atoms with E-state index in [0.717, 1.165) is 32.5 Å². The first-order valence-corrected chi connectivity index (χ1v) is 7.25. The van der Waals surface area contributed by atoms with Crippen molar-refractivity contribution in [3.05, 3.63) is 0 Å². The van der Waals surface area contributed by atoms with Crippen LogP contribution in [0.3, 0.4) is 0 Å². The molecule has 0 aromatic carbocycles. The summed E-state index contributed by atoms with van der Waals surface area (Å²) in [6.45, 7) is 4.95. The van der Waals surface area contributed by atoms with Gasteiger partial charge in [-0.05, 0) is 19.4 Å². The quantitative estimate of drug-likeness (QED) is 0.632. The van der Waals surface area contributed by atoms with E-state index in [0.29, 0.717) is 6.54 Å². The summed E-state index contributed by atoms with van der Waals surface area (Å²) >= 11 is 0. The Hall–Kier alpha value is -0.170. The van der Waals surface area contributed by atoms with E-state index < -0.39 is 10.0 Å². The first-order valence-electron chi connectivity index (χ1n) is 5.60. The third kappa shape index (κ3) is 5.46. The molecule has 0 aromatic heterocycles. The van der Waals surface area contributed by atoms with Gasteiger partial charge in [-0.15, -0.1) is 4.83 Å². The van der Waals surface area contributed by atoms with Crippen LogP contribution < -0.4 is 10.1 Å². The summed E-state index contributed by atoms with van der Waals surface area (Å²) in [7, 11) is -3.14.